The second-order valence-corrected chi connectivity index (χ2v) is 14.6. The molecular weight excluding hydrogens is 677 g/mol. The normalized spacial score (nSPS) is 11.6. The zero-order chi connectivity index (χ0) is 37.0. The lowest BCUT2D eigenvalue weighted by Crippen LogP contribution is -1.93. The molecule has 2 nitrogen and oxygen atoms in total. The molecule has 0 aliphatic rings. The van der Waals surface area contributed by atoms with Crippen molar-refractivity contribution in [2.75, 3.05) is 0 Å². The van der Waals surface area contributed by atoms with Crippen LogP contribution >= 0.6 is 0 Å². The van der Waals surface area contributed by atoms with E-state index < -0.39 is 0 Å². The lowest BCUT2D eigenvalue weighted by atomic mass is 9.96. The first-order chi connectivity index (χ1) is 27.8. The maximum Gasteiger partial charge on any atom is 0.0541 e. The summed E-state index contributed by atoms with van der Waals surface area (Å²) in [6.07, 6.45) is 0. The van der Waals surface area contributed by atoms with Crippen molar-refractivity contribution in [2.24, 2.45) is 0 Å². The van der Waals surface area contributed by atoms with Crippen molar-refractivity contribution < 1.29 is 0 Å². The minimum absolute atomic E-state index is 1.17. The van der Waals surface area contributed by atoms with Crippen molar-refractivity contribution in [3.05, 3.63) is 218 Å². The van der Waals surface area contributed by atoms with Gasteiger partial charge in [-0.25, -0.2) is 0 Å². The Hall–Kier alpha value is -7.42. The third kappa shape index (κ3) is 5.34. The van der Waals surface area contributed by atoms with Gasteiger partial charge in [0.25, 0.3) is 0 Å². The minimum atomic E-state index is 1.17. The highest BCUT2D eigenvalue weighted by Crippen LogP contribution is 2.35. The first-order valence-electron chi connectivity index (χ1n) is 19.3. The Bertz CT molecular complexity index is 2880. The molecule has 11 rings (SSSR count). The molecule has 9 aromatic carbocycles. The Morgan fingerprint density at radius 1 is 0.196 bits per heavy atom. The topological polar surface area (TPSA) is 9.86 Å². The van der Waals surface area contributed by atoms with E-state index in [9.17, 15) is 0 Å². The van der Waals surface area contributed by atoms with Crippen molar-refractivity contribution in [1.29, 1.82) is 0 Å². The Labute approximate surface area is 325 Å². The molecule has 11 aromatic rings. The largest absolute Gasteiger partial charge is 0.309 e. The molecule has 0 bridgehead atoms. The molecule has 2 heterocycles. The first-order valence-corrected chi connectivity index (χ1v) is 19.3. The summed E-state index contributed by atoms with van der Waals surface area (Å²) in [7, 11) is 0. The molecule has 0 saturated carbocycles. The van der Waals surface area contributed by atoms with Gasteiger partial charge in [-0.1, -0.05) is 164 Å². The highest BCUT2D eigenvalue weighted by atomic mass is 15.0. The molecular formula is C54H36N2. The smallest absolute Gasteiger partial charge is 0.0541 e. The number of hydrogen-bond acceptors (Lipinski definition) is 0. The van der Waals surface area contributed by atoms with E-state index in [1.807, 2.05) is 0 Å². The van der Waals surface area contributed by atoms with Gasteiger partial charge < -0.3 is 9.13 Å². The average Bonchev–Trinajstić information content (AvgIpc) is 3.80. The monoisotopic (exact) mass is 712 g/mol. The van der Waals surface area contributed by atoms with Gasteiger partial charge in [0.15, 0.2) is 0 Å². The maximum atomic E-state index is 2.36. The molecule has 0 aliphatic carbocycles. The Morgan fingerprint density at radius 2 is 0.446 bits per heavy atom. The summed E-state index contributed by atoms with van der Waals surface area (Å²) in [6, 6.07) is 79.3. The van der Waals surface area contributed by atoms with Crippen molar-refractivity contribution in [3.8, 4) is 55.9 Å². The summed E-state index contributed by atoms with van der Waals surface area (Å²) >= 11 is 0. The van der Waals surface area contributed by atoms with Gasteiger partial charge in [0.2, 0.25) is 0 Å². The zero-order valence-electron chi connectivity index (χ0n) is 30.7. The van der Waals surface area contributed by atoms with E-state index in [2.05, 4.69) is 228 Å². The van der Waals surface area contributed by atoms with Crippen LogP contribution in [0.3, 0.4) is 0 Å². The molecule has 0 aliphatic heterocycles. The quantitative estimate of drug-likeness (QED) is 0.162. The van der Waals surface area contributed by atoms with Gasteiger partial charge in [-0.3, -0.25) is 0 Å². The van der Waals surface area contributed by atoms with E-state index in [0.29, 0.717) is 0 Å². The molecule has 0 spiro atoms. The van der Waals surface area contributed by atoms with Crippen LogP contribution < -0.4 is 0 Å². The predicted octanol–water partition coefficient (Wildman–Crippen LogP) is 14.5. The molecule has 2 heteroatoms. The lowest BCUT2D eigenvalue weighted by Gasteiger charge is -2.11. The van der Waals surface area contributed by atoms with E-state index in [0.717, 1.165) is 0 Å². The molecule has 0 fully saturated rings. The summed E-state index contributed by atoms with van der Waals surface area (Å²) in [5.41, 5.74) is 16.9. The predicted molar refractivity (Wildman–Crippen MR) is 237 cm³/mol. The van der Waals surface area contributed by atoms with Crippen LogP contribution in [0.5, 0.6) is 0 Å². The Morgan fingerprint density at radius 3 is 0.750 bits per heavy atom. The van der Waals surface area contributed by atoms with Gasteiger partial charge in [-0.05, 0) is 99.1 Å². The van der Waals surface area contributed by atoms with Crippen LogP contribution in [0.2, 0.25) is 0 Å². The van der Waals surface area contributed by atoms with E-state index in [1.165, 1.54) is 99.5 Å². The molecule has 0 amide bonds. The molecule has 2 aromatic heterocycles. The summed E-state index contributed by atoms with van der Waals surface area (Å²) in [4.78, 5) is 0. The van der Waals surface area contributed by atoms with Crippen LogP contribution in [-0.4, -0.2) is 9.13 Å². The third-order valence-corrected chi connectivity index (χ3v) is 11.4. The number of rotatable bonds is 6. The molecule has 0 saturated heterocycles. The summed E-state index contributed by atoms with van der Waals surface area (Å²) in [6.45, 7) is 0. The standard InChI is InChI=1S/C54H36N2/c1-5-16-51-47(12-1)48-13-2-6-17-52(48)55(51)45-32-28-39(29-33-45)37-20-24-41(25-21-37)43-10-9-11-44(36-43)42-26-22-38(23-27-42)40-30-34-46(35-31-40)56-53-18-7-3-14-49(53)50-15-4-8-19-54(50)56/h1-36H. The average molecular weight is 713 g/mol. The molecule has 0 unspecified atom stereocenters. The number of aromatic nitrogens is 2. The van der Waals surface area contributed by atoms with E-state index in [-0.39, 0.29) is 0 Å². The first kappa shape index (κ1) is 32.0. The highest BCUT2D eigenvalue weighted by molar-refractivity contribution is 6.10. The summed E-state index contributed by atoms with van der Waals surface area (Å²) in [5.74, 6) is 0. The maximum absolute atomic E-state index is 2.36. The zero-order valence-corrected chi connectivity index (χ0v) is 30.7. The third-order valence-electron chi connectivity index (χ3n) is 11.4. The second kappa shape index (κ2) is 13.2. The lowest BCUT2D eigenvalue weighted by molar-refractivity contribution is 1.18. The van der Waals surface area contributed by atoms with Crippen molar-refractivity contribution >= 4 is 43.6 Å². The van der Waals surface area contributed by atoms with Crippen LogP contribution in [0, 0.1) is 0 Å². The minimum Gasteiger partial charge on any atom is -0.309 e. The van der Waals surface area contributed by atoms with Gasteiger partial charge in [0, 0.05) is 32.9 Å². The van der Waals surface area contributed by atoms with E-state index >= 15 is 0 Å². The fourth-order valence-electron chi connectivity index (χ4n) is 8.60. The van der Waals surface area contributed by atoms with Gasteiger partial charge in [0.1, 0.15) is 0 Å². The van der Waals surface area contributed by atoms with E-state index in [4.69, 9.17) is 0 Å². The van der Waals surface area contributed by atoms with Crippen LogP contribution in [0.15, 0.2) is 218 Å². The molecule has 56 heavy (non-hydrogen) atoms. The fraction of sp³-hybridized carbons (Fsp3) is 0. The molecule has 0 N–H and O–H groups in total. The number of benzene rings is 9. The van der Waals surface area contributed by atoms with Crippen LogP contribution in [0.25, 0.3) is 99.5 Å². The SMILES string of the molecule is c1cc(-c2ccc(-c3ccc(-n4c5ccccc5c5ccccc54)cc3)cc2)cc(-c2ccc(-c3ccc(-n4c5ccccc5c5ccccc54)cc3)cc2)c1. The van der Waals surface area contributed by atoms with Gasteiger partial charge in [-0.2, -0.15) is 0 Å². The highest BCUT2D eigenvalue weighted by Gasteiger charge is 2.13. The second-order valence-electron chi connectivity index (χ2n) is 14.6. The number of hydrogen-bond donors (Lipinski definition) is 0. The van der Waals surface area contributed by atoms with Crippen molar-refractivity contribution in [1.82, 2.24) is 9.13 Å². The van der Waals surface area contributed by atoms with Crippen molar-refractivity contribution in [3.63, 3.8) is 0 Å². The van der Waals surface area contributed by atoms with Crippen LogP contribution in [0.4, 0.5) is 0 Å². The van der Waals surface area contributed by atoms with Crippen molar-refractivity contribution in [2.45, 2.75) is 0 Å². The Balaban J connectivity index is 0.825. The van der Waals surface area contributed by atoms with Gasteiger partial charge in [0.05, 0.1) is 22.1 Å². The van der Waals surface area contributed by atoms with Crippen LogP contribution in [-0.2, 0) is 0 Å². The van der Waals surface area contributed by atoms with Gasteiger partial charge in [-0.15, -0.1) is 0 Å². The number of nitrogens with zero attached hydrogens (tertiary/aromatic N) is 2. The molecule has 262 valence electrons. The molecule has 0 atom stereocenters. The van der Waals surface area contributed by atoms with E-state index in [1.54, 1.807) is 0 Å². The number of fused-ring (bicyclic) bond motifs is 6. The molecule has 0 radical (unpaired) electrons. The summed E-state index contributed by atoms with van der Waals surface area (Å²) < 4.78 is 4.73. The van der Waals surface area contributed by atoms with Gasteiger partial charge >= 0.3 is 0 Å². The van der Waals surface area contributed by atoms with Crippen LogP contribution in [0.1, 0.15) is 0 Å². The number of para-hydroxylation sites is 4. The fourth-order valence-corrected chi connectivity index (χ4v) is 8.60. The summed E-state index contributed by atoms with van der Waals surface area (Å²) in [5, 5.41) is 5.12. The Kier molecular flexibility index (Phi) is 7.53.